The molecule has 0 spiro atoms. The Bertz CT molecular complexity index is 539. The normalized spacial score (nSPS) is 15.4. The SMILES string of the molecule is CNS(=O)(=O)c1ccc(NCCCC2CC2)cc1N. The number of anilines is 2. The molecule has 0 amide bonds. The number of nitrogens with one attached hydrogen (secondary N) is 2. The number of benzene rings is 1. The Kier molecular flexibility index (Phi) is 4.31. The van der Waals surface area contributed by atoms with E-state index in [0.717, 1.165) is 24.6 Å². The van der Waals surface area contributed by atoms with Crippen LogP contribution in [0.3, 0.4) is 0 Å². The highest BCUT2D eigenvalue weighted by atomic mass is 32.2. The highest BCUT2D eigenvalue weighted by molar-refractivity contribution is 7.89. The zero-order chi connectivity index (χ0) is 13.9. The summed E-state index contributed by atoms with van der Waals surface area (Å²) in [5.74, 6) is 0.940. The van der Waals surface area contributed by atoms with Crippen molar-refractivity contribution in [1.82, 2.24) is 4.72 Å². The zero-order valence-corrected chi connectivity index (χ0v) is 12.0. The van der Waals surface area contributed by atoms with Crippen molar-refractivity contribution in [2.45, 2.75) is 30.6 Å². The highest BCUT2D eigenvalue weighted by Crippen LogP contribution is 2.33. The third-order valence-electron chi connectivity index (χ3n) is 3.38. The Morgan fingerprint density at radius 1 is 1.37 bits per heavy atom. The monoisotopic (exact) mass is 283 g/mol. The van der Waals surface area contributed by atoms with Crippen LogP contribution in [0.1, 0.15) is 25.7 Å². The van der Waals surface area contributed by atoms with Crippen LogP contribution < -0.4 is 15.8 Å². The second-order valence-electron chi connectivity index (χ2n) is 4.97. The topological polar surface area (TPSA) is 84.2 Å². The summed E-state index contributed by atoms with van der Waals surface area (Å²) in [4.78, 5) is 0.124. The molecule has 1 fully saturated rings. The van der Waals surface area contributed by atoms with Crippen molar-refractivity contribution in [3.63, 3.8) is 0 Å². The van der Waals surface area contributed by atoms with Crippen molar-refractivity contribution in [2.75, 3.05) is 24.6 Å². The molecule has 1 aliphatic rings. The minimum absolute atomic E-state index is 0.124. The van der Waals surface area contributed by atoms with Gasteiger partial charge in [0, 0.05) is 12.2 Å². The van der Waals surface area contributed by atoms with Crippen LogP contribution in [0, 0.1) is 5.92 Å². The van der Waals surface area contributed by atoms with Gasteiger partial charge in [-0.1, -0.05) is 12.8 Å². The number of nitrogens with two attached hydrogens (primary N) is 1. The van der Waals surface area contributed by atoms with Gasteiger partial charge in [-0.25, -0.2) is 13.1 Å². The van der Waals surface area contributed by atoms with E-state index in [9.17, 15) is 8.42 Å². The predicted molar refractivity (Wildman–Crippen MR) is 77.5 cm³/mol. The van der Waals surface area contributed by atoms with Gasteiger partial charge < -0.3 is 11.1 Å². The van der Waals surface area contributed by atoms with Gasteiger partial charge >= 0.3 is 0 Å². The smallest absolute Gasteiger partial charge is 0.242 e. The first kappa shape index (κ1) is 14.1. The molecule has 0 aromatic heterocycles. The third-order valence-corrected chi connectivity index (χ3v) is 4.87. The molecule has 2 rings (SSSR count). The Hall–Kier alpha value is -1.27. The number of hydrogen-bond donors (Lipinski definition) is 3. The van der Waals surface area contributed by atoms with E-state index in [1.54, 1.807) is 12.1 Å². The summed E-state index contributed by atoms with van der Waals surface area (Å²) in [6.07, 6.45) is 5.17. The summed E-state index contributed by atoms with van der Waals surface area (Å²) < 4.78 is 25.6. The molecule has 5 nitrogen and oxygen atoms in total. The molecule has 0 radical (unpaired) electrons. The van der Waals surface area contributed by atoms with Crippen molar-refractivity contribution in [3.05, 3.63) is 18.2 Å². The fraction of sp³-hybridized carbons (Fsp3) is 0.538. The quantitative estimate of drug-likeness (QED) is 0.526. The summed E-state index contributed by atoms with van der Waals surface area (Å²) in [6.45, 7) is 0.897. The van der Waals surface area contributed by atoms with Crippen LogP contribution in [0.15, 0.2) is 23.1 Å². The molecule has 0 aliphatic heterocycles. The molecular weight excluding hydrogens is 262 g/mol. The molecule has 1 aromatic rings. The molecule has 106 valence electrons. The largest absolute Gasteiger partial charge is 0.398 e. The van der Waals surface area contributed by atoms with E-state index >= 15 is 0 Å². The van der Waals surface area contributed by atoms with Gasteiger partial charge in [-0.3, -0.25) is 0 Å². The molecule has 19 heavy (non-hydrogen) atoms. The first-order chi connectivity index (χ1) is 9.03. The summed E-state index contributed by atoms with van der Waals surface area (Å²) in [6, 6.07) is 4.95. The number of nitrogen functional groups attached to an aromatic ring is 1. The Balaban J connectivity index is 1.93. The van der Waals surface area contributed by atoms with Gasteiger partial charge in [0.1, 0.15) is 4.90 Å². The summed E-state index contributed by atoms with van der Waals surface area (Å²) >= 11 is 0. The maximum absolute atomic E-state index is 11.7. The number of hydrogen-bond acceptors (Lipinski definition) is 4. The second-order valence-corrected chi connectivity index (χ2v) is 6.83. The molecule has 0 saturated heterocycles. The maximum atomic E-state index is 11.7. The minimum atomic E-state index is -3.48. The lowest BCUT2D eigenvalue weighted by Crippen LogP contribution is -2.20. The van der Waals surface area contributed by atoms with Gasteiger partial charge in [0.2, 0.25) is 10.0 Å². The average molecular weight is 283 g/mol. The lowest BCUT2D eigenvalue weighted by atomic mass is 10.2. The van der Waals surface area contributed by atoms with E-state index in [2.05, 4.69) is 10.0 Å². The van der Waals surface area contributed by atoms with Crippen LogP contribution in [0.25, 0.3) is 0 Å². The van der Waals surface area contributed by atoms with Crippen LogP contribution in [0.5, 0.6) is 0 Å². The molecular formula is C13H21N3O2S. The van der Waals surface area contributed by atoms with Crippen LogP contribution >= 0.6 is 0 Å². The third kappa shape index (κ3) is 3.84. The van der Waals surface area contributed by atoms with Gasteiger partial charge in [-0.15, -0.1) is 0 Å². The maximum Gasteiger partial charge on any atom is 0.242 e. The highest BCUT2D eigenvalue weighted by Gasteiger charge is 2.20. The molecule has 0 heterocycles. The van der Waals surface area contributed by atoms with E-state index < -0.39 is 10.0 Å². The zero-order valence-electron chi connectivity index (χ0n) is 11.1. The summed E-state index contributed by atoms with van der Waals surface area (Å²) in [5.41, 5.74) is 6.92. The predicted octanol–water partition coefficient (Wildman–Crippen LogP) is 1.78. The Labute approximate surface area is 114 Å². The van der Waals surface area contributed by atoms with Crippen molar-refractivity contribution >= 4 is 21.4 Å². The molecule has 6 heteroatoms. The summed E-state index contributed by atoms with van der Waals surface area (Å²) in [5, 5.41) is 3.27. The van der Waals surface area contributed by atoms with Gasteiger partial charge in [0.15, 0.2) is 0 Å². The average Bonchev–Trinajstić information content (AvgIpc) is 3.18. The lowest BCUT2D eigenvalue weighted by Gasteiger charge is -2.10. The molecule has 0 atom stereocenters. The van der Waals surface area contributed by atoms with E-state index in [1.807, 2.05) is 0 Å². The van der Waals surface area contributed by atoms with Crippen LogP contribution in [0.2, 0.25) is 0 Å². The van der Waals surface area contributed by atoms with E-state index in [4.69, 9.17) is 5.73 Å². The molecule has 1 aromatic carbocycles. The van der Waals surface area contributed by atoms with Crippen molar-refractivity contribution in [1.29, 1.82) is 0 Å². The molecule has 0 bridgehead atoms. The van der Waals surface area contributed by atoms with Crippen molar-refractivity contribution in [3.8, 4) is 0 Å². The van der Waals surface area contributed by atoms with Crippen LogP contribution in [0.4, 0.5) is 11.4 Å². The number of sulfonamides is 1. The molecule has 1 aliphatic carbocycles. The standard InChI is InChI=1S/C13H21N3O2S/c1-15-19(17,18)13-7-6-11(9-12(13)14)16-8-2-3-10-4-5-10/h6-7,9-10,15-16H,2-5,8,14H2,1H3. The van der Waals surface area contributed by atoms with Gasteiger partial charge in [0.05, 0.1) is 5.69 Å². The lowest BCUT2D eigenvalue weighted by molar-refractivity contribution is 0.588. The molecule has 4 N–H and O–H groups in total. The van der Waals surface area contributed by atoms with E-state index in [-0.39, 0.29) is 10.6 Å². The van der Waals surface area contributed by atoms with Gasteiger partial charge in [-0.05, 0) is 44.0 Å². The number of rotatable bonds is 7. The van der Waals surface area contributed by atoms with E-state index in [1.165, 1.54) is 32.4 Å². The van der Waals surface area contributed by atoms with Crippen LogP contribution in [-0.2, 0) is 10.0 Å². The van der Waals surface area contributed by atoms with Crippen LogP contribution in [-0.4, -0.2) is 22.0 Å². The summed E-state index contributed by atoms with van der Waals surface area (Å²) in [7, 11) is -2.10. The first-order valence-electron chi connectivity index (χ1n) is 6.60. The molecule has 0 unspecified atom stereocenters. The second kappa shape index (κ2) is 5.79. The fourth-order valence-corrected chi connectivity index (χ4v) is 2.88. The van der Waals surface area contributed by atoms with Crippen molar-refractivity contribution in [2.24, 2.45) is 5.92 Å². The fourth-order valence-electron chi connectivity index (χ4n) is 2.04. The van der Waals surface area contributed by atoms with Gasteiger partial charge in [0.25, 0.3) is 0 Å². The molecule has 1 saturated carbocycles. The van der Waals surface area contributed by atoms with E-state index in [0.29, 0.717) is 0 Å². The minimum Gasteiger partial charge on any atom is -0.398 e. The Morgan fingerprint density at radius 2 is 2.11 bits per heavy atom. The first-order valence-corrected chi connectivity index (χ1v) is 8.08. The van der Waals surface area contributed by atoms with Gasteiger partial charge in [-0.2, -0.15) is 0 Å². The van der Waals surface area contributed by atoms with Crippen molar-refractivity contribution < 1.29 is 8.42 Å². The Morgan fingerprint density at radius 3 is 2.68 bits per heavy atom.